The third-order valence-corrected chi connectivity index (χ3v) is 3.87. The lowest BCUT2D eigenvalue weighted by molar-refractivity contribution is -0.129. The van der Waals surface area contributed by atoms with Gasteiger partial charge in [0, 0.05) is 6.08 Å². The van der Waals surface area contributed by atoms with Gasteiger partial charge in [-0.3, -0.25) is 0 Å². The standard InChI is InChI=1S/C20H15NO5/c1-23-15-6-2-13(3-7-15)5-9-19-21-16(20(22)26-19)10-14-4-8-17-18(11-14)25-12-24-17/h2-11H,12H2,1H3/b9-5+,16-10-. The molecule has 2 aromatic rings. The molecule has 0 amide bonds. The summed E-state index contributed by atoms with van der Waals surface area (Å²) in [7, 11) is 1.62. The molecule has 0 saturated heterocycles. The molecule has 0 aromatic heterocycles. The van der Waals surface area contributed by atoms with E-state index in [1.54, 1.807) is 31.4 Å². The van der Waals surface area contributed by atoms with E-state index in [0.29, 0.717) is 11.5 Å². The predicted octanol–water partition coefficient (Wildman–Crippen LogP) is 3.43. The Morgan fingerprint density at radius 3 is 2.58 bits per heavy atom. The second-order valence-corrected chi connectivity index (χ2v) is 5.59. The zero-order valence-corrected chi connectivity index (χ0v) is 14.0. The van der Waals surface area contributed by atoms with Crippen molar-refractivity contribution in [2.75, 3.05) is 13.9 Å². The smallest absolute Gasteiger partial charge is 0.363 e. The lowest BCUT2D eigenvalue weighted by Gasteiger charge is -1.98. The zero-order chi connectivity index (χ0) is 17.9. The molecule has 0 bridgehead atoms. The van der Waals surface area contributed by atoms with Crippen molar-refractivity contribution in [3.8, 4) is 17.2 Å². The molecule has 26 heavy (non-hydrogen) atoms. The molecule has 2 aromatic carbocycles. The van der Waals surface area contributed by atoms with E-state index in [1.165, 1.54) is 0 Å². The molecule has 0 unspecified atom stereocenters. The first-order chi connectivity index (χ1) is 12.7. The molecular formula is C20H15NO5. The highest BCUT2D eigenvalue weighted by Gasteiger charge is 2.21. The number of hydrogen-bond acceptors (Lipinski definition) is 6. The van der Waals surface area contributed by atoms with Gasteiger partial charge in [-0.25, -0.2) is 9.79 Å². The Morgan fingerprint density at radius 2 is 1.77 bits per heavy atom. The number of esters is 1. The van der Waals surface area contributed by atoms with Crippen molar-refractivity contribution in [3.63, 3.8) is 0 Å². The van der Waals surface area contributed by atoms with Gasteiger partial charge in [-0.2, -0.15) is 0 Å². The maximum absolute atomic E-state index is 12.0. The van der Waals surface area contributed by atoms with Crippen LogP contribution in [0.4, 0.5) is 0 Å². The van der Waals surface area contributed by atoms with Crippen molar-refractivity contribution in [2.24, 2.45) is 4.99 Å². The van der Waals surface area contributed by atoms with Gasteiger partial charge in [-0.15, -0.1) is 0 Å². The van der Waals surface area contributed by atoms with Crippen LogP contribution in [0.15, 0.2) is 59.2 Å². The molecule has 0 N–H and O–H groups in total. The number of fused-ring (bicyclic) bond motifs is 1. The highest BCUT2D eigenvalue weighted by atomic mass is 16.7. The summed E-state index contributed by atoms with van der Waals surface area (Å²) in [6, 6.07) is 12.9. The largest absolute Gasteiger partial charge is 0.497 e. The van der Waals surface area contributed by atoms with Crippen molar-refractivity contribution < 1.29 is 23.7 Å². The van der Waals surface area contributed by atoms with E-state index in [1.807, 2.05) is 36.4 Å². The minimum absolute atomic E-state index is 0.204. The molecule has 130 valence electrons. The molecule has 6 nitrogen and oxygen atoms in total. The van der Waals surface area contributed by atoms with Gasteiger partial charge in [0.25, 0.3) is 0 Å². The highest BCUT2D eigenvalue weighted by molar-refractivity contribution is 6.11. The summed E-state index contributed by atoms with van der Waals surface area (Å²) in [6.07, 6.45) is 5.12. The monoisotopic (exact) mass is 349 g/mol. The maximum atomic E-state index is 12.0. The number of cyclic esters (lactones) is 1. The fourth-order valence-electron chi connectivity index (χ4n) is 2.54. The SMILES string of the molecule is COc1ccc(/C=C/C2=NC(=C\c3ccc4c(c3)OCO4)/C(=O)O2)cc1. The van der Waals surface area contributed by atoms with Gasteiger partial charge in [-0.1, -0.05) is 18.2 Å². The van der Waals surface area contributed by atoms with Crippen LogP contribution in [0.3, 0.4) is 0 Å². The molecule has 2 aliphatic rings. The molecule has 0 saturated carbocycles. The molecule has 4 rings (SSSR count). The summed E-state index contributed by atoms with van der Waals surface area (Å²) in [4.78, 5) is 16.2. The first kappa shape index (κ1) is 16.0. The van der Waals surface area contributed by atoms with E-state index in [9.17, 15) is 4.79 Å². The van der Waals surface area contributed by atoms with Gasteiger partial charge in [0.15, 0.2) is 17.2 Å². The molecule has 0 radical (unpaired) electrons. The number of hydrogen-bond donors (Lipinski definition) is 0. The number of nitrogens with zero attached hydrogens (tertiary/aromatic N) is 1. The average molecular weight is 349 g/mol. The molecule has 0 spiro atoms. The number of benzene rings is 2. The lowest BCUT2D eigenvalue weighted by Crippen LogP contribution is -2.01. The Bertz CT molecular complexity index is 941. The number of rotatable bonds is 4. The molecule has 0 fully saturated rings. The number of carbonyl (C=O) groups is 1. The first-order valence-corrected chi connectivity index (χ1v) is 7.95. The fourth-order valence-corrected chi connectivity index (χ4v) is 2.54. The minimum Gasteiger partial charge on any atom is -0.497 e. The molecule has 2 heterocycles. The quantitative estimate of drug-likeness (QED) is 0.625. The molecule has 2 aliphatic heterocycles. The zero-order valence-electron chi connectivity index (χ0n) is 14.0. The van der Waals surface area contributed by atoms with E-state index < -0.39 is 5.97 Å². The van der Waals surface area contributed by atoms with Crippen LogP contribution in [0.5, 0.6) is 17.2 Å². The molecular weight excluding hydrogens is 334 g/mol. The van der Waals surface area contributed by atoms with E-state index in [2.05, 4.69) is 4.99 Å². The Labute approximate surface area is 150 Å². The summed E-state index contributed by atoms with van der Waals surface area (Å²) in [5, 5.41) is 0. The summed E-state index contributed by atoms with van der Waals surface area (Å²) in [5.41, 5.74) is 1.96. The number of aliphatic imine (C=N–C) groups is 1. The number of methoxy groups -OCH3 is 1. The van der Waals surface area contributed by atoms with Crippen molar-refractivity contribution in [1.29, 1.82) is 0 Å². The van der Waals surface area contributed by atoms with E-state index in [0.717, 1.165) is 16.9 Å². The minimum atomic E-state index is -0.489. The van der Waals surface area contributed by atoms with Crippen LogP contribution >= 0.6 is 0 Å². The highest BCUT2D eigenvalue weighted by Crippen LogP contribution is 2.33. The Balaban J connectivity index is 1.52. The molecule has 0 aliphatic carbocycles. The summed E-state index contributed by atoms with van der Waals surface area (Å²) >= 11 is 0. The van der Waals surface area contributed by atoms with Gasteiger partial charge >= 0.3 is 5.97 Å². The second kappa shape index (κ2) is 6.76. The van der Waals surface area contributed by atoms with Crippen molar-refractivity contribution in [2.45, 2.75) is 0 Å². The average Bonchev–Trinajstić information content (AvgIpc) is 3.27. The molecule has 6 heteroatoms. The lowest BCUT2D eigenvalue weighted by atomic mass is 10.1. The summed E-state index contributed by atoms with van der Waals surface area (Å²) in [5.74, 6) is 1.87. The summed E-state index contributed by atoms with van der Waals surface area (Å²) in [6.45, 7) is 0.204. The van der Waals surface area contributed by atoms with Crippen LogP contribution in [-0.4, -0.2) is 25.8 Å². The van der Waals surface area contributed by atoms with E-state index in [-0.39, 0.29) is 18.4 Å². The van der Waals surface area contributed by atoms with Crippen molar-refractivity contribution >= 4 is 24.0 Å². The van der Waals surface area contributed by atoms with Gasteiger partial charge in [0.05, 0.1) is 7.11 Å². The van der Waals surface area contributed by atoms with Gasteiger partial charge in [0.2, 0.25) is 12.7 Å². The van der Waals surface area contributed by atoms with Gasteiger partial charge in [-0.05, 0) is 47.5 Å². The second-order valence-electron chi connectivity index (χ2n) is 5.59. The predicted molar refractivity (Wildman–Crippen MR) is 96.1 cm³/mol. The normalized spacial score (nSPS) is 16.9. The first-order valence-electron chi connectivity index (χ1n) is 7.95. The van der Waals surface area contributed by atoms with E-state index in [4.69, 9.17) is 18.9 Å². The van der Waals surface area contributed by atoms with Crippen molar-refractivity contribution in [3.05, 3.63) is 65.4 Å². The molecule has 0 atom stereocenters. The topological polar surface area (TPSA) is 66.3 Å². The van der Waals surface area contributed by atoms with Gasteiger partial charge < -0.3 is 18.9 Å². The third kappa shape index (κ3) is 3.30. The van der Waals surface area contributed by atoms with E-state index >= 15 is 0 Å². The Morgan fingerprint density at radius 1 is 1.00 bits per heavy atom. The summed E-state index contributed by atoms with van der Waals surface area (Å²) < 4.78 is 20.9. The Kier molecular flexibility index (Phi) is 4.15. The van der Waals surface area contributed by atoms with Crippen LogP contribution in [0, 0.1) is 0 Å². The van der Waals surface area contributed by atoms with Crippen LogP contribution in [-0.2, 0) is 9.53 Å². The van der Waals surface area contributed by atoms with Crippen LogP contribution in [0.2, 0.25) is 0 Å². The maximum Gasteiger partial charge on any atom is 0.363 e. The van der Waals surface area contributed by atoms with Gasteiger partial charge in [0.1, 0.15) is 5.75 Å². The third-order valence-electron chi connectivity index (χ3n) is 3.87. The number of ether oxygens (including phenoxy) is 4. The van der Waals surface area contributed by atoms with Crippen molar-refractivity contribution in [1.82, 2.24) is 0 Å². The van der Waals surface area contributed by atoms with Crippen LogP contribution < -0.4 is 14.2 Å². The van der Waals surface area contributed by atoms with Crippen LogP contribution in [0.25, 0.3) is 12.2 Å². The fraction of sp³-hybridized carbons (Fsp3) is 0.100. The van der Waals surface area contributed by atoms with Crippen LogP contribution in [0.1, 0.15) is 11.1 Å². The Hall–Kier alpha value is -3.54. The number of carbonyl (C=O) groups excluding carboxylic acids is 1.